The summed E-state index contributed by atoms with van der Waals surface area (Å²) in [5.41, 5.74) is 4.70. The molecule has 0 spiro atoms. The van der Waals surface area contributed by atoms with Crippen molar-refractivity contribution in [3.05, 3.63) is 125 Å². The van der Waals surface area contributed by atoms with Gasteiger partial charge in [0.05, 0.1) is 0 Å². The lowest BCUT2D eigenvalue weighted by atomic mass is 10.1. The number of aliphatic carboxylic acids is 1. The normalized spacial score (nSPS) is 11.0. The maximum atomic E-state index is 11.3. The molecule has 0 bridgehead atoms. The van der Waals surface area contributed by atoms with Gasteiger partial charge in [-0.15, -0.1) is 0 Å². The van der Waals surface area contributed by atoms with Gasteiger partial charge in [0.15, 0.2) is 0 Å². The highest BCUT2D eigenvalue weighted by Crippen LogP contribution is 2.34. The molecule has 0 saturated heterocycles. The average Bonchev–Trinajstić information content (AvgIpc) is 2.99. The number of nitriles is 1. The lowest BCUT2D eigenvalue weighted by Gasteiger charge is -2.25. The SMILES string of the molecule is N#C/C(=C/c1ccc(/C=C/c2ccc(N(c3ccccc3)c3ccccc3)cc2)cc1OCCOC(=O)O)C(=O)O. The summed E-state index contributed by atoms with van der Waals surface area (Å²) >= 11 is 0. The lowest BCUT2D eigenvalue weighted by molar-refractivity contribution is -0.132. The van der Waals surface area contributed by atoms with Gasteiger partial charge in [0.2, 0.25) is 0 Å². The number of anilines is 3. The molecule has 4 rings (SSSR count). The highest BCUT2D eigenvalue weighted by atomic mass is 16.7. The first-order chi connectivity index (χ1) is 19.9. The van der Waals surface area contributed by atoms with Crippen molar-refractivity contribution in [2.24, 2.45) is 0 Å². The average molecular weight is 547 g/mol. The maximum Gasteiger partial charge on any atom is 0.505 e. The fraction of sp³-hybridized carbons (Fsp3) is 0.0606. The van der Waals surface area contributed by atoms with Crippen LogP contribution in [0, 0.1) is 11.3 Å². The standard InChI is InChI=1S/C33H26N2O6/c34-23-27(32(36)37)22-26-16-13-25(21-31(26)40-19-20-41-33(38)39)12-11-24-14-17-30(18-15-24)35(28-7-3-1-4-8-28)29-9-5-2-6-10-29/h1-18,21-22H,19-20H2,(H,36,37)(H,38,39)/b12-11+,27-22-. The van der Waals surface area contributed by atoms with E-state index in [1.54, 1.807) is 24.3 Å². The van der Waals surface area contributed by atoms with Gasteiger partial charge >= 0.3 is 12.1 Å². The third-order valence-electron chi connectivity index (χ3n) is 5.90. The van der Waals surface area contributed by atoms with E-state index >= 15 is 0 Å². The van der Waals surface area contributed by atoms with E-state index in [9.17, 15) is 14.7 Å². The summed E-state index contributed by atoms with van der Waals surface area (Å²) in [7, 11) is 0. The summed E-state index contributed by atoms with van der Waals surface area (Å²) in [5, 5.41) is 27.0. The molecule has 0 atom stereocenters. The van der Waals surface area contributed by atoms with Crippen LogP contribution in [0.1, 0.15) is 16.7 Å². The summed E-state index contributed by atoms with van der Waals surface area (Å²) in [5.74, 6) is -1.08. The van der Waals surface area contributed by atoms with E-state index in [0.717, 1.165) is 28.2 Å². The summed E-state index contributed by atoms with van der Waals surface area (Å²) in [4.78, 5) is 24.1. The summed E-state index contributed by atoms with van der Waals surface area (Å²) in [6.07, 6.45) is 3.58. The molecule has 0 amide bonds. The van der Waals surface area contributed by atoms with E-state index in [0.29, 0.717) is 5.56 Å². The van der Waals surface area contributed by atoms with Crippen molar-refractivity contribution in [2.45, 2.75) is 0 Å². The lowest BCUT2D eigenvalue weighted by Crippen LogP contribution is -2.10. The van der Waals surface area contributed by atoms with E-state index < -0.39 is 17.7 Å². The summed E-state index contributed by atoms with van der Waals surface area (Å²) in [6.45, 7) is -0.298. The van der Waals surface area contributed by atoms with Gasteiger partial charge < -0.3 is 24.6 Å². The van der Waals surface area contributed by atoms with Crippen LogP contribution in [-0.4, -0.2) is 35.6 Å². The Morgan fingerprint density at radius 2 is 1.32 bits per heavy atom. The second-order valence-corrected chi connectivity index (χ2v) is 8.67. The molecule has 2 N–H and O–H groups in total. The fourth-order valence-electron chi connectivity index (χ4n) is 4.01. The number of carboxylic acids is 1. The molecule has 41 heavy (non-hydrogen) atoms. The zero-order valence-electron chi connectivity index (χ0n) is 21.9. The van der Waals surface area contributed by atoms with Gasteiger partial charge in [0.25, 0.3) is 0 Å². The largest absolute Gasteiger partial charge is 0.505 e. The van der Waals surface area contributed by atoms with E-state index in [1.165, 1.54) is 6.08 Å². The minimum Gasteiger partial charge on any atom is -0.489 e. The van der Waals surface area contributed by atoms with Crippen LogP contribution in [0.5, 0.6) is 5.75 Å². The van der Waals surface area contributed by atoms with Gasteiger partial charge in [-0.1, -0.05) is 72.8 Å². The molecule has 0 aromatic heterocycles. The molecule has 0 aliphatic heterocycles. The Labute approximate surface area is 237 Å². The molecule has 204 valence electrons. The number of nitrogens with zero attached hydrogens (tertiary/aromatic N) is 2. The first-order valence-electron chi connectivity index (χ1n) is 12.6. The van der Waals surface area contributed by atoms with Gasteiger partial charge in [-0.05, 0) is 59.7 Å². The van der Waals surface area contributed by atoms with Crippen molar-refractivity contribution in [2.75, 3.05) is 18.1 Å². The number of rotatable bonds is 11. The molecule has 0 aliphatic carbocycles. The van der Waals surface area contributed by atoms with Crippen LogP contribution >= 0.6 is 0 Å². The van der Waals surface area contributed by atoms with Gasteiger partial charge in [-0.3, -0.25) is 0 Å². The molecular formula is C33H26N2O6. The zero-order valence-corrected chi connectivity index (χ0v) is 21.9. The zero-order chi connectivity index (χ0) is 29.0. The second-order valence-electron chi connectivity index (χ2n) is 8.67. The minimum atomic E-state index is -1.43. The molecule has 0 fully saturated rings. The van der Waals surface area contributed by atoms with E-state index in [1.807, 2.05) is 72.8 Å². The first-order valence-corrected chi connectivity index (χ1v) is 12.6. The van der Waals surface area contributed by atoms with Crippen LogP contribution in [0.15, 0.2) is 109 Å². The van der Waals surface area contributed by atoms with Gasteiger partial charge in [-0.2, -0.15) is 5.26 Å². The Balaban J connectivity index is 1.57. The molecule has 8 nitrogen and oxygen atoms in total. The van der Waals surface area contributed by atoms with Crippen molar-refractivity contribution >= 4 is 47.4 Å². The Morgan fingerprint density at radius 3 is 1.88 bits per heavy atom. The van der Waals surface area contributed by atoms with Gasteiger partial charge in [0, 0.05) is 22.6 Å². The molecule has 8 heteroatoms. The Kier molecular flexibility index (Phi) is 9.51. The predicted molar refractivity (Wildman–Crippen MR) is 157 cm³/mol. The molecule has 0 saturated carbocycles. The van der Waals surface area contributed by atoms with E-state index in [-0.39, 0.29) is 19.0 Å². The number of ether oxygens (including phenoxy) is 2. The van der Waals surface area contributed by atoms with Crippen LogP contribution in [0.3, 0.4) is 0 Å². The van der Waals surface area contributed by atoms with Crippen LogP contribution in [0.2, 0.25) is 0 Å². The molecule has 4 aromatic rings. The number of hydrogen-bond acceptors (Lipinski definition) is 6. The van der Waals surface area contributed by atoms with E-state index in [2.05, 4.69) is 33.9 Å². The molecule has 0 unspecified atom stereocenters. The maximum absolute atomic E-state index is 11.3. The van der Waals surface area contributed by atoms with Crippen LogP contribution in [0.4, 0.5) is 21.9 Å². The Bertz CT molecular complexity index is 1550. The van der Waals surface area contributed by atoms with Crippen LogP contribution in [-0.2, 0) is 9.53 Å². The third kappa shape index (κ3) is 7.85. The molecule has 0 heterocycles. The van der Waals surface area contributed by atoms with Crippen molar-refractivity contribution in [3.8, 4) is 11.8 Å². The Morgan fingerprint density at radius 1 is 0.756 bits per heavy atom. The fourth-order valence-corrected chi connectivity index (χ4v) is 4.01. The molecular weight excluding hydrogens is 520 g/mol. The molecule has 0 aliphatic rings. The summed E-state index contributed by atoms with van der Waals surface area (Å²) in [6, 6.07) is 35.0. The van der Waals surface area contributed by atoms with Gasteiger partial charge in [0.1, 0.15) is 30.6 Å². The minimum absolute atomic E-state index is 0.0872. The predicted octanol–water partition coefficient (Wildman–Crippen LogP) is 7.39. The Hall–Kier alpha value is -5.81. The number of carbonyl (C=O) groups is 2. The second kappa shape index (κ2) is 13.8. The molecule has 0 radical (unpaired) electrons. The van der Waals surface area contributed by atoms with Gasteiger partial charge in [-0.25, -0.2) is 9.59 Å². The van der Waals surface area contributed by atoms with Crippen molar-refractivity contribution in [1.82, 2.24) is 0 Å². The van der Waals surface area contributed by atoms with Crippen LogP contribution < -0.4 is 9.64 Å². The number of para-hydroxylation sites is 2. The topological polar surface area (TPSA) is 120 Å². The number of carboxylic acid groups (broad SMARTS) is 2. The first kappa shape index (κ1) is 28.2. The highest BCUT2D eigenvalue weighted by molar-refractivity contribution is 5.97. The smallest absolute Gasteiger partial charge is 0.489 e. The van der Waals surface area contributed by atoms with Crippen molar-refractivity contribution < 1.29 is 29.3 Å². The van der Waals surface area contributed by atoms with E-state index in [4.69, 9.17) is 15.1 Å². The monoisotopic (exact) mass is 546 g/mol. The molecule has 4 aromatic carbocycles. The van der Waals surface area contributed by atoms with Crippen molar-refractivity contribution in [1.29, 1.82) is 5.26 Å². The number of hydrogen-bond donors (Lipinski definition) is 2. The highest BCUT2D eigenvalue weighted by Gasteiger charge is 2.12. The van der Waals surface area contributed by atoms with Crippen LogP contribution in [0.25, 0.3) is 18.2 Å². The quantitative estimate of drug-likeness (QED) is 0.0657. The van der Waals surface area contributed by atoms with Crippen molar-refractivity contribution in [3.63, 3.8) is 0 Å². The third-order valence-corrected chi connectivity index (χ3v) is 5.90. The summed E-state index contributed by atoms with van der Waals surface area (Å²) < 4.78 is 10.1. The number of benzene rings is 4.